The van der Waals surface area contributed by atoms with E-state index in [9.17, 15) is 14.0 Å². The monoisotopic (exact) mass is 269 g/mol. The average Bonchev–Trinajstić information content (AvgIpc) is 2.64. The Kier molecular flexibility index (Phi) is 3.20. The highest BCUT2D eigenvalue weighted by atomic mass is 35.5. The molecule has 0 saturated carbocycles. The normalized spacial score (nSPS) is 10.4. The fraction of sp³-hybridized carbons (Fsp3) is 0.0909. The molecule has 1 aromatic carbocycles. The van der Waals surface area contributed by atoms with Crippen molar-refractivity contribution in [3.63, 3.8) is 0 Å². The largest absolute Gasteiger partial charge is 0.349 e. The van der Waals surface area contributed by atoms with Gasteiger partial charge in [0.15, 0.2) is 0 Å². The van der Waals surface area contributed by atoms with Crippen LogP contribution in [0.1, 0.15) is 17.4 Å². The molecule has 94 valence electrons. The summed E-state index contributed by atoms with van der Waals surface area (Å²) in [6.45, 7) is 1.25. The maximum atomic E-state index is 13.1. The third-order valence-electron chi connectivity index (χ3n) is 2.28. The lowest BCUT2D eigenvalue weighted by Crippen LogP contribution is -2.40. The van der Waals surface area contributed by atoms with Crippen LogP contribution in [-0.4, -0.2) is 16.8 Å². The van der Waals surface area contributed by atoms with Crippen LogP contribution >= 0.6 is 11.6 Å². The number of rotatable bonds is 1. The van der Waals surface area contributed by atoms with Gasteiger partial charge in [0.1, 0.15) is 11.5 Å². The SMILES string of the molecule is CC(=O)NNC(=O)c1[nH]c2ccc(F)cc2c1Cl. The second kappa shape index (κ2) is 4.66. The van der Waals surface area contributed by atoms with Crippen molar-refractivity contribution < 1.29 is 14.0 Å². The highest BCUT2D eigenvalue weighted by Gasteiger charge is 2.16. The lowest BCUT2D eigenvalue weighted by atomic mass is 10.2. The summed E-state index contributed by atoms with van der Waals surface area (Å²) in [5.41, 5.74) is 4.90. The molecule has 1 aromatic heterocycles. The molecule has 0 fully saturated rings. The quantitative estimate of drug-likeness (QED) is 0.690. The number of carbonyl (C=O) groups excluding carboxylic acids is 2. The minimum atomic E-state index is -0.605. The van der Waals surface area contributed by atoms with Crippen LogP contribution in [0.4, 0.5) is 4.39 Å². The summed E-state index contributed by atoms with van der Waals surface area (Å²) in [6.07, 6.45) is 0. The lowest BCUT2D eigenvalue weighted by Gasteiger charge is -2.03. The van der Waals surface area contributed by atoms with E-state index in [2.05, 4.69) is 15.8 Å². The molecule has 2 aromatic rings. The maximum absolute atomic E-state index is 13.1. The number of carbonyl (C=O) groups is 2. The smallest absolute Gasteiger partial charge is 0.287 e. The number of aromatic amines is 1. The van der Waals surface area contributed by atoms with Crippen LogP contribution in [0.2, 0.25) is 5.02 Å². The van der Waals surface area contributed by atoms with Gasteiger partial charge < -0.3 is 4.98 Å². The molecule has 18 heavy (non-hydrogen) atoms. The third kappa shape index (κ3) is 2.28. The second-order valence-electron chi connectivity index (χ2n) is 3.64. The number of hydrogen-bond donors (Lipinski definition) is 3. The Labute approximate surface area is 106 Å². The van der Waals surface area contributed by atoms with E-state index in [-0.39, 0.29) is 10.7 Å². The molecule has 5 nitrogen and oxygen atoms in total. The van der Waals surface area contributed by atoms with E-state index in [1.54, 1.807) is 0 Å². The van der Waals surface area contributed by atoms with Crippen LogP contribution in [0.3, 0.4) is 0 Å². The first-order chi connectivity index (χ1) is 8.49. The van der Waals surface area contributed by atoms with Crippen molar-refractivity contribution in [3.05, 3.63) is 34.7 Å². The molecular weight excluding hydrogens is 261 g/mol. The van der Waals surface area contributed by atoms with Crippen molar-refractivity contribution in [3.8, 4) is 0 Å². The Bertz CT molecular complexity index is 638. The number of benzene rings is 1. The number of hydrazine groups is 1. The van der Waals surface area contributed by atoms with E-state index in [1.165, 1.54) is 25.1 Å². The standard InChI is InChI=1S/C11H9ClFN3O2/c1-5(17)15-16-11(18)10-9(12)7-4-6(13)2-3-8(7)14-10/h2-4,14H,1H3,(H,15,17)(H,16,18). The predicted molar refractivity (Wildman–Crippen MR) is 64.5 cm³/mol. The molecule has 0 radical (unpaired) electrons. The molecule has 2 amide bonds. The fourth-order valence-corrected chi connectivity index (χ4v) is 1.78. The summed E-state index contributed by atoms with van der Waals surface area (Å²) < 4.78 is 13.1. The first kappa shape index (κ1) is 12.4. The van der Waals surface area contributed by atoms with Crippen molar-refractivity contribution in [1.82, 2.24) is 15.8 Å². The molecule has 0 bridgehead atoms. The van der Waals surface area contributed by atoms with E-state index in [0.717, 1.165) is 0 Å². The first-order valence-electron chi connectivity index (χ1n) is 5.02. The highest BCUT2D eigenvalue weighted by Crippen LogP contribution is 2.27. The number of H-pyrrole nitrogens is 1. The molecule has 2 rings (SSSR count). The Hall–Kier alpha value is -2.08. The zero-order valence-corrected chi connectivity index (χ0v) is 10.1. The van der Waals surface area contributed by atoms with Crippen LogP contribution in [0.25, 0.3) is 10.9 Å². The molecular formula is C11H9ClFN3O2. The second-order valence-corrected chi connectivity index (χ2v) is 4.02. The fourth-order valence-electron chi connectivity index (χ4n) is 1.50. The van der Waals surface area contributed by atoms with Crippen LogP contribution < -0.4 is 10.9 Å². The van der Waals surface area contributed by atoms with Gasteiger partial charge in [0, 0.05) is 17.8 Å². The summed E-state index contributed by atoms with van der Waals surface area (Å²) in [4.78, 5) is 25.1. The molecule has 0 aliphatic rings. The van der Waals surface area contributed by atoms with E-state index < -0.39 is 17.6 Å². The Balaban J connectivity index is 2.36. The first-order valence-corrected chi connectivity index (χ1v) is 5.40. The Morgan fingerprint density at radius 3 is 2.72 bits per heavy atom. The van der Waals surface area contributed by atoms with Crippen molar-refractivity contribution in [2.45, 2.75) is 6.92 Å². The molecule has 1 heterocycles. The zero-order chi connectivity index (χ0) is 13.3. The number of amides is 2. The molecule has 0 atom stereocenters. The molecule has 3 N–H and O–H groups in total. The van der Waals surface area contributed by atoms with Gasteiger partial charge in [-0.15, -0.1) is 0 Å². The van der Waals surface area contributed by atoms with Crippen molar-refractivity contribution >= 4 is 34.3 Å². The lowest BCUT2D eigenvalue weighted by molar-refractivity contribution is -0.119. The van der Waals surface area contributed by atoms with E-state index in [1.807, 2.05) is 0 Å². The highest BCUT2D eigenvalue weighted by molar-refractivity contribution is 6.38. The summed E-state index contributed by atoms with van der Waals surface area (Å²) in [7, 11) is 0. The van der Waals surface area contributed by atoms with Gasteiger partial charge in [-0.05, 0) is 18.2 Å². The molecule has 0 spiro atoms. The summed E-state index contributed by atoms with van der Waals surface area (Å²) >= 11 is 5.97. The van der Waals surface area contributed by atoms with E-state index >= 15 is 0 Å². The predicted octanol–water partition coefficient (Wildman–Crippen LogP) is 1.74. The van der Waals surface area contributed by atoms with Gasteiger partial charge in [0.05, 0.1) is 5.02 Å². The number of halogens is 2. The van der Waals surface area contributed by atoms with Crippen LogP contribution in [0.5, 0.6) is 0 Å². The maximum Gasteiger partial charge on any atom is 0.287 e. The van der Waals surface area contributed by atoms with E-state index in [0.29, 0.717) is 10.9 Å². The average molecular weight is 270 g/mol. The van der Waals surface area contributed by atoms with Crippen LogP contribution in [0, 0.1) is 5.82 Å². The summed E-state index contributed by atoms with van der Waals surface area (Å²) in [6, 6.07) is 3.96. The molecule has 0 saturated heterocycles. The summed E-state index contributed by atoms with van der Waals surface area (Å²) in [5, 5.41) is 0.511. The van der Waals surface area contributed by atoms with Gasteiger partial charge in [-0.2, -0.15) is 0 Å². The van der Waals surface area contributed by atoms with E-state index in [4.69, 9.17) is 11.6 Å². The molecule has 0 aliphatic carbocycles. The Morgan fingerprint density at radius 2 is 2.06 bits per heavy atom. The van der Waals surface area contributed by atoms with Gasteiger partial charge in [0.25, 0.3) is 5.91 Å². The number of fused-ring (bicyclic) bond motifs is 1. The topological polar surface area (TPSA) is 74.0 Å². The van der Waals surface area contributed by atoms with Gasteiger partial charge in [-0.1, -0.05) is 11.6 Å². The minimum Gasteiger partial charge on any atom is -0.349 e. The van der Waals surface area contributed by atoms with Crippen molar-refractivity contribution in [1.29, 1.82) is 0 Å². The summed E-state index contributed by atoms with van der Waals surface area (Å²) in [5.74, 6) is -1.47. The number of hydrogen-bond acceptors (Lipinski definition) is 2. The Morgan fingerprint density at radius 1 is 1.33 bits per heavy atom. The molecule has 0 aliphatic heterocycles. The van der Waals surface area contributed by atoms with Crippen molar-refractivity contribution in [2.24, 2.45) is 0 Å². The van der Waals surface area contributed by atoms with Crippen LogP contribution in [0.15, 0.2) is 18.2 Å². The van der Waals surface area contributed by atoms with Crippen LogP contribution in [-0.2, 0) is 4.79 Å². The van der Waals surface area contributed by atoms with Gasteiger partial charge in [-0.25, -0.2) is 4.39 Å². The zero-order valence-electron chi connectivity index (χ0n) is 9.30. The van der Waals surface area contributed by atoms with Crippen molar-refractivity contribution in [2.75, 3.05) is 0 Å². The van der Waals surface area contributed by atoms with Gasteiger partial charge in [0.2, 0.25) is 5.91 Å². The third-order valence-corrected chi connectivity index (χ3v) is 2.67. The number of nitrogens with one attached hydrogen (secondary N) is 3. The minimum absolute atomic E-state index is 0.0611. The number of aromatic nitrogens is 1. The molecule has 7 heteroatoms. The molecule has 0 unspecified atom stereocenters. The van der Waals surface area contributed by atoms with Gasteiger partial charge in [-0.3, -0.25) is 20.4 Å². The van der Waals surface area contributed by atoms with Gasteiger partial charge >= 0.3 is 0 Å².